The van der Waals surface area contributed by atoms with E-state index < -0.39 is 0 Å². The number of rotatable bonds is 1. The smallest absolute Gasteiger partial charge is 0.170 e. The van der Waals surface area contributed by atoms with Crippen molar-refractivity contribution in [3.63, 3.8) is 0 Å². The highest BCUT2D eigenvalue weighted by Crippen LogP contribution is 2.90. The van der Waals surface area contributed by atoms with Gasteiger partial charge >= 0.3 is 0 Å². The summed E-state index contributed by atoms with van der Waals surface area (Å²) < 4.78 is 2.26. The van der Waals surface area contributed by atoms with Crippen LogP contribution in [0.15, 0.2) is 24.5 Å². The van der Waals surface area contributed by atoms with Gasteiger partial charge in [0, 0.05) is 65.4 Å². The molecule has 24 aromatic carbocycles. The van der Waals surface area contributed by atoms with Gasteiger partial charge in [0.15, 0.2) is 12.4 Å². The van der Waals surface area contributed by atoms with E-state index in [1.807, 2.05) is 44.5 Å². The maximum atomic E-state index is 3.01. The van der Waals surface area contributed by atoms with Crippen LogP contribution in [-0.2, 0) is 17.9 Å². The third-order valence-electron chi connectivity index (χ3n) is 27.0. The van der Waals surface area contributed by atoms with Gasteiger partial charge in [-0.05, 0) is 292 Å². The van der Waals surface area contributed by atoms with E-state index in [9.17, 15) is 0 Å². The highest BCUT2D eigenvalue weighted by molar-refractivity contribution is 6.78. The molecular formula is C68H15IN2. The standard InChI is InChI=1S/C68H15N2.HI/c1-69-4-2-8(3-5-69)70-6-67-63-55-47-37-27-19-11-9-10-13-17-15(11)23-31-25(17)35-29-21(13)22-14(10)18-16-12(9)20(19)28-34-24(16)32-26(18)36-30(22)40-39(29)49-43(35)53-45(31)51(41(47)33(23)27)59(63)61(53)65-57(49)58-50(40)44(36)54-46(32)52-42(34)48(38(28)37)56(55)64(67)60(52)62(54)66(58)68(65,67)7-70;/h2-5,47,55,63,66H,6-7H2,1H3;1H/q+1;/p-1. The first-order valence-corrected chi connectivity index (χ1v) is 26.7. The molecule has 25 aromatic rings. The van der Waals surface area contributed by atoms with Crippen molar-refractivity contribution in [1.82, 2.24) is 0 Å². The lowest BCUT2D eigenvalue weighted by atomic mass is 9.43. The van der Waals surface area contributed by atoms with Crippen LogP contribution in [0.2, 0.25) is 0 Å². The minimum absolute atomic E-state index is 0. The second kappa shape index (κ2) is 6.35. The molecule has 304 valence electrons. The predicted molar refractivity (Wildman–Crippen MR) is 288 cm³/mol. The number of hydrogen-bond acceptors (Lipinski definition) is 1. The summed E-state index contributed by atoms with van der Waals surface area (Å²) in [5.74, 6) is 1.75. The van der Waals surface area contributed by atoms with Crippen molar-refractivity contribution in [1.29, 1.82) is 0 Å². The van der Waals surface area contributed by atoms with Crippen molar-refractivity contribution in [2.24, 2.45) is 7.05 Å². The van der Waals surface area contributed by atoms with Crippen LogP contribution in [0.5, 0.6) is 0 Å². The summed E-state index contributed by atoms with van der Waals surface area (Å²) in [6.07, 6.45) is 4.68. The lowest BCUT2D eigenvalue weighted by Crippen LogP contribution is -3.00. The average Bonchev–Trinajstić information content (AvgIpc) is 4.16. The molecule has 0 N–H and O–H groups in total. The Hall–Kier alpha value is -7.34. The molecule has 1 saturated heterocycles. The highest BCUT2D eigenvalue weighted by atomic mass is 127. The van der Waals surface area contributed by atoms with Crippen molar-refractivity contribution < 1.29 is 28.5 Å². The van der Waals surface area contributed by atoms with Gasteiger partial charge in [-0.3, -0.25) is 0 Å². The van der Waals surface area contributed by atoms with Gasteiger partial charge in [0.05, 0.1) is 0 Å². The molecule has 1 aromatic heterocycles. The number of halogens is 1. The van der Waals surface area contributed by atoms with E-state index in [-0.39, 0.29) is 34.8 Å². The first-order valence-electron chi connectivity index (χ1n) is 26.7. The van der Waals surface area contributed by atoms with Crippen molar-refractivity contribution in [3.8, 4) is 0 Å². The number of benzene rings is 15. The summed E-state index contributed by atoms with van der Waals surface area (Å²) in [5, 5.41) is 79.2. The van der Waals surface area contributed by atoms with Gasteiger partial charge < -0.3 is 28.9 Å². The quantitative estimate of drug-likeness (QED) is 0.0903. The summed E-state index contributed by atoms with van der Waals surface area (Å²) >= 11 is 0. The van der Waals surface area contributed by atoms with E-state index in [1.165, 1.54) is 5.69 Å². The Labute approximate surface area is 407 Å². The minimum Gasteiger partial charge on any atom is -1.00 e. The molecule has 6 unspecified atom stereocenters. The summed E-state index contributed by atoms with van der Waals surface area (Å²) in [6, 6.07) is 4.98. The number of anilines is 1. The summed E-state index contributed by atoms with van der Waals surface area (Å²) in [4.78, 5) is 3.01. The number of nitrogens with zero attached hydrogens (tertiary/aromatic N) is 2. The first-order chi connectivity index (χ1) is 34.8. The lowest BCUT2D eigenvalue weighted by molar-refractivity contribution is -0.671. The Morgan fingerprint density at radius 1 is 0.338 bits per heavy atom. The molecule has 34 rings (SSSR count). The zero-order chi connectivity index (χ0) is 41.5. The fourth-order valence-corrected chi connectivity index (χ4v) is 27.1. The molecule has 3 heteroatoms. The van der Waals surface area contributed by atoms with Gasteiger partial charge in [0.2, 0.25) is 0 Å². The first kappa shape index (κ1) is 27.9. The lowest BCUT2D eigenvalue weighted by Gasteiger charge is -2.56. The van der Waals surface area contributed by atoms with Crippen LogP contribution in [0.4, 0.5) is 5.69 Å². The van der Waals surface area contributed by atoms with E-state index in [0.717, 1.165) is 13.1 Å². The van der Waals surface area contributed by atoms with E-state index in [4.69, 9.17) is 0 Å². The van der Waals surface area contributed by atoms with Gasteiger partial charge in [0.1, 0.15) is 7.05 Å². The molecule has 9 aliphatic rings. The molecular weight excluding hydrogens is 972 g/mol. The Kier molecular flexibility index (Phi) is 2.50. The largest absolute Gasteiger partial charge is 1.00 e. The molecule has 1 aliphatic heterocycles. The molecule has 0 radical (unpaired) electrons. The zero-order valence-electron chi connectivity index (χ0n) is 36.8. The van der Waals surface area contributed by atoms with Crippen LogP contribution < -0.4 is 33.4 Å². The Morgan fingerprint density at radius 2 is 0.648 bits per heavy atom. The van der Waals surface area contributed by atoms with E-state index >= 15 is 0 Å². The van der Waals surface area contributed by atoms with E-state index in [0.29, 0.717) is 23.7 Å². The van der Waals surface area contributed by atoms with Crippen LogP contribution >= 0.6 is 0 Å². The average molecular weight is 987 g/mol. The van der Waals surface area contributed by atoms with Gasteiger partial charge in [-0.15, -0.1) is 0 Å². The summed E-state index contributed by atoms with van der Waals surface area (Å²) in [5.41, 5.74) is 16.2. The highest BCUT2D eigenvalue weighted by Gasteiger charge is 2.80. The van der Waals surface area contributed by atoms with Crippen molar-refractivity contribution in [2.75, 3.05) is 18.0 Å². The minimum atomic E-state index is -0.0574. The molecule has 6 atom stereocenters. The Bertz CT molecular complexity index is 7200. The van der Waals surface area contributed by atoms with Gasteiger partial charge in [0.25, 0.3) is 0 Å². The second-order valence-corrected chi connectivity index (χ2v) is 26.9. The SMILES string of the molecule is C[n+]1ccc(N2CC34c5c6c7c8c9c%10c%11c%12c%13c%14c%15c(c%16c%17c%18c%19c%20c(c5c5c%21c6c8c6c%10c8c%10c%11c%11c%13c%13c%14c%16c%18c%14c%13c%13c%11c%10c%10c%11c8c6c%21c6c5c%20c5c%19c%14c%13c%10c5c6%11)C%173)C4(C2)C7C%15C9%12)cc1.[I-]. The molecule has 0 saturated carbocycles. The molecule has 1 fully saturated rings. The number of aromatic nitrogens is 1. The van der Waals surface area contributed by atoms with Gasteiger partial charge in [-0.1, -0.05) is 0 Å². The normalized spacial score (nSPS) is 27.4. The van der Waals surface area contributed by atoms with E-state index in [2.05, 4.69) is 41.0 Å². The number of hydrogen-bond donors (Lipinski definition) is 0. The molecule has 71 heavy (non-hydrogen) atoms. The van der Waals surface area contributed by atoms with Crippen molar-refractivity contribution >= 4 is 253 Å². The molecule has 8 aliphatic carbocycles. The van der Waals surface area contributed by atoms with Crippen LogP contribution in [0.3, 0.4) is 0 Å². The van der Waals surface area contributed by atoms with Crippen LogP contribution in [0.25, 0.3) is 248 Å². The molecule has 2 nitrogen and oxygen atoms in total. The Balaban J connectivity index is 0.00000315. The molecule has 2 spiro atoms. The zero-order valence-corrected chi connectivity index (χ0v) is 39.0. The maximum absolute atomic E-state index is 3.01. The number of pyridine rings is 1. The molecule has 0 bridgehead atoms. The predicted octanol–water partition coefficient (Wildman–Crippen LogP) is 12.8. The summed E-state index contributed by atoms with van der Waals surface area (Å²) in [7, 11) is 2.21. The topological polar surface area (TPSA) is 7.12 Å². The van der Waals surface area contributed by atoms with Gasteiger partial charge in [-0.2, -0.15) is 0 Å². The van der Waals surface area contributed by atoms with Gasteiger partial charge in [-0.25, -0.2) is 4.57 Å². The van der Waals surface area contributed by atoms with Crippen molar-refractivity contribution in [2.45, 2.75) is 34.5 Å². The second-order valence-electron chi connectivity index (χ2n) is 26.9. The molecule has 0 amide bonds. The fraction of sp³-hybridized carbons (Fsp3) is 0.132. The maximum Gasteiger partial charge on any atom is 0.170 e. The third kappa shape index (κ3) is 1.52. The fourth-order valence-electron chi connectivity index (χ4n) is 27.1. The van der Waals surface area contributed by atoms with Crippen LogP contribution in [0, 0.1) is 0 Å². The number of aryl methyl sites for hydroxylation is 1. The summed E-state index contributed by atoms with van der Waals surface area (Å²) in [6.45, 7) is 2.25. The Morgan fingerprint density at radius 3 is 1.10 bits per heavy atom. The monoisotopic (exact) mass is 986 g/mol. The van der Waals surface area contributed by atoms with Crippen molar-refractivity contribution in [3.05, 3.63) is 69.0 Å². The van der Waals surface area contributed by atoms with Crippen LogP contribution in [0.1, 0.15) is 68.2 Å². The third-order valence-corrected chi connectivity index (χ3v) is 27.0. The molecule has 2 heterocycles. The van der Waals surface area contributed by atoms with E-state index in [1.54, 1.807) is 248 Å². The van der Waals surface area contributed by atoms with Crippen LogP contribution in [-0.4, -0.2) is 13.1 Å².